The minimum atomic E-state index is -0.363. The molecule has 0 bridgehead atoms. The molecular formula is C16H11N3O2. The summed E-state index contributed by atoms with van der Waals surface area (Å²) < 4.78 is 5.32. The summed E-state index contributed by atoms with van der Waals surface area (Å²) >= 11 is 0. The average molecular weight is 277 g/mol. The van der Waals surface area contributed by atoms with E-state index in [9.17, 15) is 4.79 Å². The van der Waals surface area contributed by atoms with E-state index in [4.69, 9.17) is 15.3 Å². The number of carbonyl (C=O) groups excluding carboxylic acids is 1. The van der Waals surface area contributed by atoms with Crippen LogP contribution in [0, 0.1) is 22.7 Å². The fourth-order valence-corrected chi connectivity index (χ4v) is 1.69. The first kappa shape index (κ1) is 14.1. The summed E-state index contributed by atoms with van der Waals surface area (Å²) in [6, 6.07) is 17.3. The van der Waals surface area contributed by atoms with Crippen LogP contribution in [0.1, 0.15) is 11.1 Å². The van der Waals surface area contributed by atoms with Crippen LogP contribution in [0.3, 0.4) is 0 Å². The quantitative estimate of drug-likeness (QED) is 0.930. The van der Waals surface area contributed by atoms with Gasteiger partial charge in [0.1, 0.15) is 11.8 Å². The number of nitriles is 2. The van der Waals surface area contributed by atoms with Crippen LogP contribution in [0.15, 0.2) is 48.5 Å². The second-order valence-electron chi connectivity index (χ2n) is 4.14. The van der Waals surface area contributed by atoms with E-state index >= 15 is 0 Å². The van der Waals surface area contributed by atoms with Gasteiger partial charge in [-0.15, -0.1) is 0 Å². The first-order valence-corrected chi connectivity index (χ1v) is 6.15. The van der Waals surface area contributed by atoms with Crippen molar-refractivity contribution in [1.82, 2.24) is 0 Å². The number of ether oxygens (including phenoxy) is 1. The summed E-state index contributed by atoms with van der Waals surface area (Å²) in [7, 11) is 0. The van der Waals surface area contributed by atoms with Gasteiger partial charge in [-0.25, -0.2) is 0 Å². The number of nitrogens with zero attached hydrogens (tertiary/aromatic N) is 2. The van der Waals surface area contributed by atoms with Crippen molar-refractivity contribution in [3.63, 3.8) is 0 Å². The molecule has 2 rings (SSSR count). The Morgan fingerprint density at radius 3 is 2.67 bits per heavy atom. The summed E-state index contributed by atoms with van der Waals surface area (Å²) in [4.78, 5) is 11.8. The average Bonchev–Trinajstić information content (AvgIpc) is 2.53. The van der Waals surface area contributed by atoms with Crippen molar-refractivity contribution in [2.75, 3.05) is 11.9 Å². The third-order valence-corrected chi connectivity index (χ3v) is 2.64. The number of amides is 1. The Bertz CT molecular complexity index is 742. The Labute approximate surface area is 122 Å². The lowest BCUT2D eigenvalue weighted by atomic mass is 10.2. The van der Waals surface area contributed by atoms with Gasteiger partial charge >= 0.3 is 0 Å². The largest absolute Gasteiger partial charge is 0.482 e. The van der Waals surface area contributed by atoms with Crippen LogP contribution >= 0.6 is 0 Å². The fourth-order valence-electron chi connectivity index (χ4n) is 1.69. The number of carbonyl (C=O) groups is 1. The van der Waals surface area contributed by atoms with Gasteiger partial charge in [-0.1, -0.05) is 18.2 Å². The van der Waals surface area contributed by atoms with E-state index < -0.39 is 0 Å². The number of hydrogen-bond acceptors (Lipinski definition) is 4. The first-order chi connectivity index (χ1) is 10.2. The SMILES string of the molecule is N#Cc1cccc(NC(=O)COc2ccccc2C#N)c1. The van der Waals surface area contributed by atoms with Gasteiger partial charge in [0.05, 0.1) is 17.2 Å². The van der Waals surface area contributed by atoms with E-state index in [0.29, 0.717) is 22.6 Å². The van der Waals surface area contributed by atoms with Crippen LogP contribution in [-0.2, 0) is 4.79 Å². The van der Waals surface area contributed by atoms with Gasteiger partial charge in [-0.05, 0) is 30.3 Å². The topological polar surface area (TPSA) is 85.9 Å². The molecule has 0 saturated carbocycles. The molecule has 0 unspecified atom stereocenters. The zero-order valence-electron chi connectivity index (χ0n) is 11.0. The lowest BCUT2D eigenvalue weighted by molar-refractivity contribution is -0.118. The van der Waals surface area contributed by atoms with Crippen molar-refractivity contribution < 1.29 is 9.53 Å². The predicted molar refractivity (Wildman–Crippen MR) is 76.4 cm³/mol. The number of benzene rings is 2. The predicted octanol–water partition coefficient (Wildman–Crippen LogP) is 2.45. The van der Waals surface area contributed by atoms with Crippen LogP contribution in [0.4, 0.5) is 5.69 Å². The van der Waals surface area contributed by atoms with Gasteiger partial charge in [0.25, 0.3) is 5.91 Å². The molecule has 0 fully saturated rings. The Kier molecular flexibility index (Phi) is 4.53. The molecule has 0 aliphatic carbocycles. The van der Waals surface area contributed by atoms with Crippen molar-refractivity contribution >= 4 is 11.6 Å². The smallest absolute Gasteiger partial charge is 0.262 e. The van der Waals surface area contributed by atoms with Gasteiger partial charge in [0, 0.05) is 5.69 Å². The molecule has 2 aromatic carbocycles. The van der Waals surface area contributed by atoms with E-state index in [1.807, 2.05) is 12.1 Å². The third-order valence-electron chi connectivity index (χ3n) is 2.64. The summed E-state index contributed by atoms with van der Waals surface area (Å²) in [5.74, 6) is -0.00115. The molecule has 0 aromatic heterocycles. The number of para-hydroxylation sites is 1. The monoisotopic (exact) mass is 277 g/mol. The highest BCUT2D eigenvalue weighted by Gasteiger charge is 2.07. The van der Waals surface area contributed by atoms with Gasteiger partial charge < -0.3 is 10.1 Å². The molecule has 2 aromatic rings. The van der Waals surface area contributed by atoms with E-state index in [1.165, 1.54) is 0 Å². The zero-order chi connectivity index (χ0) is 15.1. The molecule has 0 aliphatic heterocycles. The maximum absolute atomic E-state index is 11.8. The van der Waals surface area contributed by atoms with Gasteiger partial charge in [-0.3, -0.25) is 4.79 Å². The fraction of sp³-hybridized carbons (Fsp3) is 0.0625. The number of anilines is 1. The van der Waals surface area contributed by atoms with Crippen molar-refractivity contribution in [3.05, 3.63) is 59.7 Å². The molecule has 21 heavy (non-hydrogen) atoms. The molecule has 0 spiro atoms. The van der Waals surface area contributed by atoms with Crippen LogP contribution < -0.4 is 10.1 Å². The van der Waals surface area contributed by atoms with E-state index in [0.717, 1.165) is 0 Å². The Morgan fingerprint density at radius 1 is 1.10 bits per heavy atom. The highest BCUT2D eigenvalue weighted by molar-refractivity contribution is 5.92. The summed E-state index contributed by atoms with van der Waals surface area (Å²) in [6.45, 7) is -0.213. The maximum atomic E-state index is 11.8. The van der Waals surface area contributed by atoms with E-state index in [1.54, 1.807) is 48.5 Å². The Hall–Kier alpha value is -3.31. The second kappa shape index (κ2) is 6.74. The maximum Gasteiger partial charge on any atom is 0.262 e. The summed E-state index contributed by atoms with van der Waals surface area (Å²) in [6.07, 6.45) is 0. The molecule has 5 heteroatoms. The van der Waals surface area contributed by atoms with Crippen molar-refractivity contribution in [2.45, 2.75) is 0 Å². The van der Waals surface area contributed by atoms with Crippen LogP contribution in [-0.4, -0.2) is 12.5 Å². The molecule has 0 heterocycles. The first-order valence-electron chi connectivity index (χ1n) is 6.15. The van der Waals surface area contributed by atoms with Gasteiger partial charge in [-0.2, -0.15) is 10.5 Å². The van der Waals surface area contributed by atoms with Gasteiger partial charge in [0.2, 0.25) is 0 Å². The number of nitrogens with one attached hydrogen (secondary N) is 1. The summed E-state index contributed by atoms with van der Waals surface area (Å²) in [5, 5.41) is 20.3. The highest BCUT2D eigenvalue weighted by Crippen LogP contribution is 2.16. The Morgan fingerprint density at radius 2 is 1.90 bits per heavy atom. The molecule has 0 saturated heterocycles. The molecular weight excluding hydrogens is 266 g/mol. The molecule has 0 atom stereocenters. The molecule has 1 amide bonds. The molecule has 0 aliphatic rings. The standard InChI is InChI=1S/C16H11N3O2/c17-9-12-4-3-6-14(8-12)19-16(20)11-21-15-7-2-1-5-13(15)10-18/h1-8H,11H2,(H,19,20). The Balaban J connectivity index is 1.96. The minimum Gasteiger partial charge on any atom is -0.482 e. The lowest BCUT2D eigenvalue weighted by Crippen LogP contribution is -2.20. The van der Waals surface area contributed by atoms with Crippen molar-refractivity contribution in [2.24, 2.45) is 0 Å². The van der Waals surface area contributed by atoms with Crippen LogP contribution in [0.25, 0.3) is 0 Å². The number of hydrogen-bond donors (Lipinski definition) is 1. The van der Waals surface area contributed by atoms with Crippen LogP contribution in [0.2, 0.25) is 0 Å². The highest BCUT2D eigenvalue weighted by atomic mass is 16.5. The molecule has 0 radical (unpaired) electrons. The number of rotatable bonds is 4. The van der Waals surface area contributed by atoms with E-state index in [-0.39, 0.29) is 12.5 Å². The molecule has 102 valence electrons. The zero-order valence-corrected chi connectivity index (χ0v) is 11.0. The third kappa shape index (κ3) is 3.82. The van der Waals surface area contributed by atoms with Crippen molar-refractivity contribution in [1.29, 1.82) is 10.5 Å². The van der Waals surface area contributed by atoms with Crippen LogP contribution in [0.5, 0.6) is 5.75 Å². The summed E-state index contributed by atoms with van der Waals surface area (Å²) in [5.41, 5.74) is 1.36. The van der Waals surface area contributed by atoms with Crippen molar-refractivity contribution in [3.8, 4) is 17.9 Å². The molecule has 5 nitrogen and oxygen atoms in total. The lowest BCUT2D eigenvalue weighted by Gasteiger charge is -2.08. The van der Waals surface area contributed by atoms with Gasteiger partial charge in [0.15, 0.2) is 6.61 Å². The minimum absolute atomic E-state index is 0.213. The molecule has 1 N–H and O–H groups in total. The normalized spacial score (nSPS) is 9.24. The van der Waals surface area contributed by atoms with E-state index in [2.05, 4.69) is 5.32 Å². The second-order valence-corrected chi connectivity index (χ2v) is 4.14.